The molecule has 5 heteroatoms. The Labute approximate surface area is 121 Å². The zero-order valence-electron chi connectivity index (χ0n) is 10.7. The molecule has 0 fully saturated rings. The van der Waals surface area contributed by atoms with Crippen molar-refractivity contribution < 1.29 is 9.13 Å². The van der Waals surface area contributed by atoms with Crippen LogP contribution in [-0.2, 0) is 18.0 Å². The normalized spacial score (nSPS) is 10.5. The van der Waals surface area contributed by atoms with E-state index >= 15 is 0 Å². The lowest BCUT2D eigenvalue weighted by atomic mass is 10.1. The first kappa shape index (κ1) is 14.5. The second kappa shape index (κ2) is 6.50. The summed E-state index contributed by atoms with van der Waals surface area (Å²) in [5.41, 5.74) is 7.33. The Morgan fingerprint density at radius 1 is 1.10 bits per heavy atom. The highest BCUT2D eigenvalue weighted by atomic mass is 35.5. The molecule has 0 bridgehead atoms. The number of halogens is 2. The topological polar surface area (TPSA) is 59.1 Å². The molecule has 3 N–H and O–H groups in total. The molecule has 2 rings (SSSR count). The molecule has 0 aliphatic heterocycles. The van der Waals surface area contributed by atoms with Gasteiger partial charge < -0.3 is 10.5 Å². The Morgan fingerprint density at radius 2 is 1.75 bits per heavy atom. The lowest BCUT2D eigenvalue weighted by molar-refractivity contribution is 0.107. The summed E-state index contributed by atoms with van der Waals surface area (Å²) in [7, 11) is 0. The van der Waals surface area contributed by atoms with E-state index in [1.54, 1.807) is 18.2 Å². The summed E-state index contributed by atoms with van der Waals surface area (Å²) in [4.78, 5) is 0. The average Bonchev–Trinajstić information content (AvgIpc) is 2.40. The van der Waals surface area contributed by atoms with Crippen LogP contribution in [0.2, 0.25) is 5.02 Å². The number of nitrogens with one attached hydrogen (secondary N) is 1. The molecule has 0 saturated heterocycles. The highest BCUT2D eigenvalue weighted by Crippen LogP contribution is 2.13. The smallest absolute Gasteiger partial charge is 0.124 e. The maximum atomic E-state index is 13.4. The first-order valence-electron chi connectivity index (χ1n) is 6.00. The molecular weight excluding hydrogens is 279 g/mol. The van der Waals surface area contributed by atoms with E-state index in [4.69, 9.17) is 27.5 Å². The van der Waals surface area contributed by atoms with Gasteiger partial charge in [-0.05, 0) is 41.5 Å². The third kappa shape index (κ3) is 4.05. The van der Waals surface area contributed by atoms with Crippen molar-refractivity contribution in [2.24, 2.45) is 5.73 Å². The van der Waals surface area contributed by atoms with Gasteiger partial charge >= 0.3 is 0 Å². The van der Waals surface area contributed by atoms with E-state index in [1.807, 2.05) is 12.1 Å². The molecule has 0 amide bonds. The minimum Gasteiger partial charge on any atom is -0.384 e. The van der Waals surface area contributed by atoms with E-state index < -0.39 is 5.82 Å². The Balaban J connectivity index is 1.97. The van der Waals surface area contributed by atoms with Gasteiger partial charge in [-0.1, -0.05) is 23.7 Å². The lowest BCUT2D eigenvalue weighted by Gasteiger charge is -2.07. The Morgan fingerprint density at radius 3 is 2.40 bits per heavy atom. The molecule has 0 aromatic heterocycles. The fourth-order valence-electron chi connectivity index (χ4n) is 1.76. The number of benzene rings is 2. The third-order valence-corrected chi connectivity index (χ3v) is 2.97. The minimum absolute atomic E-state index is 0.163. The van der Waals surface area contributed by atoms with E-state index in [9.17, 15) is 4.39 Å². The van der Waals surface area contributed by atoms with Crippen LogP contribution in [0.25, 0.3) is 0 Å². The fourth-order valence-corrected chi connectivity index (χ4v) is 1.88. The first-order chi connectivity index (χ1) is 9.54. The van der Waals surface area contributed by atoms with Crippen LogP contribution < -0.4 is 5.73 Å². The van der Waals surface area contributed by atoms with Crippen molar-refractivity contribution in [1.82, 2.24) is 0 Å². The van der Waals surface area contributed by atoms with Crippen LogP contribution in [0.5, 0.6) is 0 Å². The number of rotatable bonds is 5. The summed E-state index contributed by atoms with van der Waals surface area (Å²) in [5.74, 6) is -0.591. The van der Waals surface area contributed by atoms with Crippen LogP contribution in [0, 0.1) is 11.2 Å². The van der Waals surface area contributed by atoms with Crippen LogP contribution in [0.3, 0.4) is 0 Å². The molecule has 20 heavy (non-hydrogen) atoms. The molecule has 2 aromatic carbocycles. The molecule has 0 heterocycles. The maximum Gasteiger partial charge on any atom is 0.124 e. The summed E-state index contributed by atoms with van der Waals surface area (Å²) in [6.45, 7) is 0.657. The molecule has 3 nitrogen and oxygen atoms in total. The van der Waals surface area contributed by atoms with Crippen molar-refractivity contribution in [3.63, 3.8) is 0 Å². The van der Waals surface area contributed by atoms with Crippen LogP contribution in [-0.4, -0.2) is 5.84 Å². The van der Waals surface area contributed by atoms with E-state index in [0.29, 0.717) is 22.8 Å². The predicted molar refractivity (Wildman–Crippen MR) is 77.4 cm³/mol. The maximum absolute atomic E-state index is 13.4. The molecule has 2 aromatic rings. The molecule has 0 aliphatic carbocycles. The van der Waals surface area contributed by atoms with Gasteiger partial charge in [-0.3, -0.25) is 5.41 Å². The van der Waals surface area contributed by atoms with Gasteiger partial charge in [-0.25, -0.2) is 4.39 Å². The SMILES string of the molecule is N=C(N)c1cc(F)cc(COCc2ccc(Cl)cc2)c1. The molecular formula is C15H14ClFN2O. The summed E-state index contributed by atoms with van der Waals surface area (Å²) < 4.78 is 18.9. The molecule has 0 radical (unpaired) electrons. The van der Waals surface area contributed by atoms with Gasteiger partial charge in [-0.2, -0.15) is 0 Å². The number of hydrogen-bond donors (Lipinski definition) is 2. The zero-order chi connectivity index (χ0) is 14.5. The van der Waals surface area contributed by atoms with E-state index in [0.717, 1.165) is 5.56 Å². The second-order valence-electron chi connectivity index (χ2n) is 4.38. The fraction of sp³-hybridized carbons (Fsp3) is 0.133. The van der Waals surface area contributed by atoms with Crippen LogP contribution in [0.15, 0.2) is 42.5 Å². The van der Waals surface area contributed by atoms with E-state index in [1.165, 1.54) is 12.1 Å². The van der Waals surface area contributed by atoms with Crippen molar-refractivity contribution in [3.8, 4) is 0 Å². The van der Waals surface area contributed by atoms with Gasteiger partial charge in [0.1, 0.15) is 11.7 Å². The van der Waals surface area contributed by atoms with Gasteiger partial charge in [0, 0.05) is 10.6 Å². The standard InChI is InChI=1S/C15H14ClFN2O/c16-13-3-1-10(2-4-13)8-20-9-11-5-12(15(18)19)7-14(17)6-11/h1-7H,8-9H2,(H3,18,19). The molecule has 0 unspecified atom stereocenters. The Hall–Kier alpha value is -1.91. The summed E-state index contributed by atoms with van der Waals surface area (Å²) in [5, 5.41) is 7.99. The van der Waals surface area contributed by atoms with E-state index in [2.05, 4.69) is 0 Å². The van der Waals surface area contributed by atoms with Crippen LogP contribution in [0.4, 0.5) is 4.39 Å². The van der Waals surface area contributed by atoms with Gasteiger partial charge in [0.2, 0.25) is 0 Å². The zero-order valence-corrected chi connectivity index (χ0v) is 11.5. The third-order valence-electron chi connectivity index (χ3n) is 2.72. The largest absolute Gasteiger partial charge is 0.384 e. The molecule has 104 valence electrons. The van der Waals surface area contributed by atoms with Crippen molar-refractivity contribution in [2.75, 3.05) is 0 Å². The van der Waals surface area contributed by atoms with Crippen LogP contribution in [0.1, 0.15) is 16.7 Å². The van der Waals surface area contributed by atoms with Crippen molar-refractivity contribution in [2.45, 2.75) is 13.2 Å². The van der Waals surface area contributed by atoms with Crippen molar-refractivity contribution in [3.05, 3.63) is 70.0 Å². The van der Waals surface area contributed by atoms with Gasteiger partial charge in [0.05, 0.1) is 13.2 Å². The molecule has 0 aliphatic rings. The number of ether oxygens (including phenoxy) is 1. The van der Waals surface area contributed by atoms with E-state index in [-0.39, 0.29) is 12.4 Å². The average molecular weight is 293 g/mol. The van der Waals surface area contributed by atoms with Gasteiger partial charge in [0.15, 0.2) is 0 Å². The highest BCUT2D eigenvalue weighted by molar-refractivity contribution is 6.30. The Kier molecular flexibility index (Phi) is 4.71. The number of nitrogens with two attached hydrogens (primary N) is 1. The number of amidine groups is 1. The summed E-state index contributed by atoms with van der Waals surface area (Å²) in [6.07, 6.45) is 0. The highest BCUT2D eigenvalue weighted by Gasteiger charge is 2.04. The minimum atomic E-state index is -0.428. The summed E-state index contributed by atoms with van der Waals surface area (Å²) >= 11 is 5.79. The number of nitrogen functional groups attached to an aromatic ring is 1. The quantitative estimate of drug-likeness (QED) is 0.655. The summed E-state index contributed by atoms with van der Waals surface area (Å²) in [6, 6.07) is 11.6. The molecule has 0 atom stereocenters. The number of hydrogen-bond acceptors (Lipinski definition) is 2. The predicted octanol–water partition coefficient (Wildman–Crippen LogP) is 3.48. The lowest BCUT2D eigenvalue weighted by Crippen LogP contribution is -2.12. The van der Waals surface area contributed by atoms with Gasteiger partial charge in [0.25, 0.3) is 0 Å². The first-order valence-corrected chi connectivity index (χ1v) is 6.38. The molecule has 0 spiro atoms. The van der Waals surface area contributed by atoms with Crippen LogP contribution >= 0.6 is 11.6 Å². The van der Waals surface area contributed by atoms with Gasteiger partial charge in [-0.15, -0.1) is 0 Å². The second-order valence-corrected chi connectivity index (χ2v) is 4.82. The molecule has 0 saturated carbocycles. The van der Waals surface area contributed by atoms with Crippen molar-refractivity contribution in [1.29, 1.82) is 5.41 Å². The monoisotopic (exact) mass is 292 g/mol. The van der Waals surface area contributed by atoms with Crippen molar-refractivity contribution >= 4 is 17.4 Å². The Bertz CT molecular complexity index is 614.